The Hall–Kier alpha value is -4.13. The lowest BCUT2D eigenvalue weighted by Crippen LogP contribution is -2.15. The molecule has 4 rings (SSSR count). The number of rotatable bonds is 7. The van der Waals surface area contributed by atoms with E-state index in [0.29, 0.717) is 12.1 Å². The van der Waals surface area contributed by atoms with Crippen molar-refractivity contribution in [3.8, 4) is 17.4 Å². The smallest absolute Gasteiger partial charge is 0.425 e. The van der Waals surface area contributed by atoms with Crippen LogP contribution in [0.25, 0.3) is 10.9 Å². The molecular weight excluding hydrogens is 496 g/mol. The van der Waals surface area contributed by atoms with Gasteiger partial charge in [0.25, 0.3) is 5.56 Å². The van der Waals surface area contributed by atoms with E-state index in [1.165, 1.54) is 16.7 Å². The Morgan fingerprint density at radius 1 is 1.00 bits per heavy atom. The van der Waals surface area contributed by atoms with Crippen molar-refractivity contribution in [2.45, 2.75) is 12.7 Å². The minimum Gasteiger partial charge on any atom is -0.490 e. The third-order valence-corrected chi connectivity index (χ3v) is 4.98. The number of alkyl halides is 3. The first-order valence-corrected chi connectivity index (χ1v) is 10.2. The summed E-state index contributed by atoms with van der Waals surface area (Å²) in [6, 6.07) is 5.58. The lowest BCUT2D eigenvalue weighted by molar-refractivity contribution is -0.140. The number of pyridine rings is 1. The Morgan fingerprint density at radius 2 is 1.72 bits per heavy atom. The average molecular weight is 511 g/mol. The highest BCUT2D eigenvalue weighted by molar-refractivity contribution is 5.79. The molecule has 7 nitrogen and oxygen atoms in total. The third-order valence-electron chi connectivity index (χ3n) is 4.98. The zero-order valence-corrected chi connectivity index (χ0v) is 18.0. The minimum absolute atomic E-state index is 0.126. The molecule has 2 heterocycles. The van der Waals surface area contributed by atoms with E-state index in [1.807, 2.05) is 0 Å². The van der Waals surface area contributed by atoms with E-state index in [9.17, 15) is 31.1 Å². The van der Waals surface area contributed by atoms with Crippen molar-refractivity contribution in [1.29, 1.82) is 0 Å². The fourth-order valence-electron chi connectivity index (χ4n) is 3.43. The van der Waals surface area contributed by atoms with E-state index in [1.54, 1.807) is 0 Å². The highest BCUT2D eigenvalue weighted by Crippen LogP contribution is 2.42. The Balaban J connectivity index is 1.74. The maximum absolute atomic E-state index is 14.1. The Labute approximate surface area is 198 Å². The van der Waals surface area contributed by atoms with Crippen molar-refractivity contribution in [3.05, 3.63) is 87.9 Å². The summed E-state index contributed by atoms with van der Waals surface area (Å²) in [5.74, 6) is -5.08. The van der Waals surface area contributed by atoms with Gasteiger partial charge in [0.1, 0.15) is 35.6 Å². The van der Waals surface area contributed by atoms with Gasteiger partial charge in [0.05, 0.1) is 30.4 Å². The van der Waals surface area contributed by atoms with Crippen molar-refractivity contribution in [2.75, 3.05) is 13.2 Å². The number of benzene rings is 2. The number of nitrogens with zero attached hydrogens (tertiary/aromatic N) is 3. The number of fused-ring (bicyclic) bond motifs is 1. The standard InChI is InChI=1S/C23H15F6N3O4/c24-12-7-16(25)15(17(26)8-12)10-32-11-31-21(34)14-9-13(1-2-18(14)32)36-22-20(23(27,28)29)19(3-4-30-22)35-6-5-33/h1-4,7-9,11,33H,5-6,10H2. The Kier molecular flexibility index (Phi) is 6.84. The molecule has 0 saturated carbocycles. The van der Waals surface area contributed by atoms with Crippen LogP contribution in [0.5, 0.6) is 17.4 Å². The second-order valence-corrected chi connectivity index (χ2v) is 7.37. The van der Waals surface area contributed by atoms with Crippen molar-refractivity contribution in [2.24, 2.45) is 0 Å². The largest absolute Gasteiger partial charge is 0.490 e. The zero-order chi connectivity index (χ0) is 26.0. The normalized spacial score (nSPS) is 11.6. The van der Waals surface area contributed by atoms with E-state index in [2.05, 4.69) is 9.97 Å². The zero-order valence-electron chi connectivity index (χ0n) is 18.0. The van der Waals surface area contributed by atoms with Gasteiger partial charge in [0, 0.05) is 23.9 Å². The van der Waals surface area contributed by atoms with E-state index in [-0.39, 0.29) is 16.7 Å². The van der Waals surface area contributed by atoms with Crippen LogP contribution in [-0.2, 0) is 12.7 Å². The SMILES string of the molecule is O=c1ncn(Cc2c(F)cc(F)cc2F)c2ccc(Oc3nccc(OCCO)c3C(F)(F)F)cc12. The maximum atomic E-state index is 14.1. The summed E-state index contributed by atoms with van der Waals surface area (Å²) in [7, 11) is 0. The van der Waals surface area contributed by atoms with Gasteiger partial charge in [-0.2, -0.15) is 18.2 Å². The first kappa shape index (κ1) is 25.0. The first-order chi connectivity index (χ1) is 17.1. The van der Waals surface area contributed by atoms with Crippen LogP contribution in [0.2, 0.25) is 0 Å². The van der Waals surface area contributed by atoms with Crippen LogP contribution in [0.4, 0.5) is 26.3 Å². The van der Waals surface area contributed by atoms with Crippen molar-refractivity contribution in [1.82, 2.24) is 14.5 Å². The number of aliphatic hydroxyl groups is 1. The second kappa shape index (κ2) is 9.85. The fourth-order valence-corrected chi connectivity index (χ4v) is 3.43. The highest BCUT2D eigenvalue weighted by atomic mass is 19.4. The van der Waals surface area contributed by atoms with E-state index in [0.717, 1.165) is 24.7 Å². The van der Waals surface area contributed by atoms with Crippen LogP contribution in [0.3, 0.4) is 0 Å². The molecule has 2 aromatic carbocycles. The van der Waals surface area contributed by atoms with Gasteiger partial charge in [-0.25, -0.2) is 18.2 Å². The summed E-state index contributed by atoms with van der Waals surface area (Å²) >= 11 is 0. The van der Waals surface area contributed by atoms with Gasteiger partial charge in [0.15, 0.2) is 5.56 Å². The molecule has 0 aliphatic carbocycles. The van der Waals surface area contributed by atoms with Crippen molar-refractivity contribution in [3.63, 3.8) is 0 Å². The molecule has 2 aromatic heterocycles. The molecule has 4 aromatic rings. The number of hydrogen-bond donors (Lipinski definition) is 1. The molecule has 0 saturated heterocycles. The molecular formula is C23H15F6N3O4. The third kappa shape index (κ3) is 5.10. The van der Waals surface area contributed by atoms with Crippen LogP contribution in [0, 0.1) is 17.5 Å². The summed E-state index contributed by atoms with van der Waals surface area (Å²) in [5, 5.41) is 8.74. The number of ether oxygens (including phenoxy) is 2. The van der Waals surface area contributed by atoms with Gasteiger partial charge < -0.3 is 19.1 Å². The van der Waals surface area contributed by atoms with Crippen LogP contribution >= 0.6 is 0 Å². The lowest BCUT2D eigenvalue weighted by Gasteiger charge is -2.17. The molecule has 0 aliphatic heterocycles. The average Bonchev–Trinajstić information content (AvgIpc) is 2.80. The monoisotopic (exact) mass is 511 g/mol. The number of aliphatic hydroxyl groups excluding tert-OH is 1. The predicted molar refractivity (Wildman–Crippen MR) is 113 cm³/mol. The molecule has 36 heavy (non-hydrogen) atoms. The van der Waals surface area contributed by atoms with Crippen molar-refractivity contribution >= 4 is 10.9 Å². The lowest BCUT2D eigenvalue weighted by atomic mass is 10.1. The summed E-state index contributed by atoms with van der Waals surface area (Å²) in [6.07, 6.45) is -2.89. The Bertz CT molecular complexity index is 1470. The van der Waals surface area contributed by atoms with E-state index < -0.39 is 71.7 Å². The molecule has 0 aliphatic rings. The van der Waals surface area contributed by atoms with Gasteiger partial charge in [-0.3, -0.25) is 4.79 Å². The van der Waals surface area contributed by atoms with Gasteiger partial charge >= 0.3 is 6.18 Å². The van der Waals surface area contributed by atoms with Gasteiger partial charge in [-0.15, -0.1) is 0 Å². The van der Waals surface area contributed by atoms with Gasteiger partial charge in [-0.05, 0) is 24.3 Å². The highest BCUT2D eigenvalue weighted by Gasteiger charge is 2.39. The topological polar surface area (TPSA) is 86.5 Å². The Morgan fingerprint density at radius 3 is 2.39 bits per heavy atom. The quantitative estimate of drug-likeness (QED) is 0.370. The molecule has 0 fully saturated rings. The molecule has 0 bridgehead atoms. The van der Waals surface area contributed by atoms with E-state index >= 15 is 0 Å². The summed E-state index contributed by atoms with van der Waals surface area (Å²) in [4.78, 5) is 19.6. The summed E-state index contributed by atoms with van der Waals surface area (Å²) in [5.41, 5.74) is -2.46. The van der Waals surface area contributed by atoms with E-state index in [4.69, 9.17) is 14.6 Å². The van der Waals surface area contributed by atoms with Gasteiger partial charge in [0.2, 0.25) is 5.88 Å². The molecule has 0 unspecified atom stereocenters. The number of hydrogen-bond acceptors (Lipinski definition) is 6. The molecule has 0 radical (unpaired) electrons. The predicted octanol–water partition coefficient (Wildman–Crippen LogP) is 4.44. The summed E-state index contributed by atoms with van der Waals surface area (Å²) in [6.45, 7) is -1.37. The molecule has 13 heteroatoms. The molecule has 1 N–H and O–H groups in total. The number of aromatic nitrogens is 3. The van der Waals surface area contributed by atoms with Crippen LogP contribution < -0.4 is 15.0 Å². The van der Waals surface area contributed by atoms with Gasteiger partial charge in [-0.1, -0.05) is 0 Å². The fraction of sp³-hybridized carbons (Fsp3) is 0.174. The van der Waals surface area contributed by atoms with Crippen LogP contribution in [0.1, 0.15) is 11.1 Å². The van der Waals surface area contributed by atoms with Crippen LogP contribution in [-0.4, -0.2) is 32.9 Å². The van der Waals surface area contributed by atoms with Crippen LogP contribution in [0.15, 0.2) is 53.7 Å². The maximum Gasteiger partial charge on any atom is 0.425 e. The minimum atomic E-state index is -4.93. The summed E-state index contributed by atoms with van der Waals surface area (Å²) < 4.78 is 94.0. The molecule has 0 atom stereocenters. The molecule has 188 valence electrons. The molecule has 0 amide bonds. The van der Waals surface area contributed by atoms with Crippen molar-refractivity contribution < 1.29 is 40.9 Å². The second-order valence-electron chi connectivity index (χ2n) is 7.37. The number of halogens is 6. The molecule has 0 spiro atoms. The first-order valence-electron chi connectivity index (χ1n) is 10.2.